The molecule has 0 radical (unpaired) electrons. The predicted octanol–water partition coefficient (Wildman–Crippen LogP) is 3.35. The van der Waals surface area contributed by atoms with Crippen LogP contribution < -0.4 is 5.32 Å². The maximum atomic E-state index is 5.83. The van der Waals surface area contributed by atoms with Gasteiger partial charge in [0.15, 0.2) is 0 Å². The molecule has 0 amide bonds. The van der Waals surface area contributed by atoms with Crippen molar-refractivity contribution >= 4 is 11.3 Å². The van der Waals surface area contributed by atoms with Crippen molar-refractivity contribution in [2.24, 2.45) is 5.92 Å². The Morgan fingerprint density at radius 1 is 1.33 bits per heavy atom. The minimum Gasteiger partial charge on any atom is -0.375 e. The summed E-state index contributed by atoms with van der Waals surface area (Å²) >= 11 is 1.71. The van der Waals surface area contributed by atoms with E-state index in [1.807, 2.05) is 7.05 Å². The van der Waals surface area contributed by atoms with Crippen LogP contribution in [0.4, 0.5) is 0 Å². The van der Waals surface area contributed by atoms with Crippen LogP contribution in [0.3, 0.4) is 0 Å². The van der Waals surface area contributed by atoms with E-state index in [9.17, 15) is 0 Å². The van der Waals surface area contributed by atoms with Crippen molar-refractivity contribution in [3.63, 3.8) is 0 Å². The summed E-state index contributed by atoms with van der Waals surface area (Å²) in [5, 5.41) is 6.37. The molecule has 1 heterocycles. The number of ether oxygens (including phenoxy) is 1. The maximum absolute atomic E-state index is 5.83. The van der Waals surface area contributed by atoms with E-state index in [0.717, 1.165) is 29.8 Å². The van der Waals surface area contributed by atoms with Crippen LogP contribution >= 0.6 is 11.3 Å². The van der Waals surface area contributed by atoms with E-state index in [2.05, 4.69) is 15.7 Å². The zero-order valence-corrected chi connectivity index (χ0v) is 12.1. The minimum atomic E-state index is 0.677. The van der Waals surface area contributed by atoms with Gasteiger partial charge in [-0.2, -0.15) is 0 Å². The quantitative estimate of drug-likeness (QED) is 0.803. The molecule has 0 spiro atoms. The van der Waals surface area contributed by atoms with Crippen molar-refractivity contribution in [2.45, 2.75) is 51.7 Å². The van der Waals surface area contributed by atoms with Crippen LogP contribution in [0.15, 0.2) is 5.38 Å². The molecular formula is C14H24N2OS. The molecule has 4 heteroatoms. The molecule has 102 valence electrons. The summed E-state index contributed by atoms with van der Waals surface area (Å²) < 4.78 is 5.83. The number of nitrogens with zero attached hydrogens (tertiary/aromatic N) is 1. The highest BCUT2D eigenvalue weighted by molar-refractivity contribution is 7.09. The molecule has 1 saturated carbocycles. The van der Waals surface area contributed by atoms with Crippen molar-refractivity contribution < 1.29 is 4.74 Å². The van der Waals surface area contributed by atoms with Gasteiger partial charge in [-0.15, -0.1) is 11.3 Å². The Morgan fingerprint density at radius 2 is 2.11 bits per heavy atom. The highest BCUT2D eigenvalue weighted by atomic mass is 32.1. The minimum absolute atomic E-state index is 0.677. The van der Waals surface area contributed by atoms with Crippen molar-refractivity contribution in [1.29, 1.82) is 0 Å². The van der Waals surface area contributed by atoms with Crippen molar-refractivity contribution in [3.05, 3.63) is 16.1 Å². The standard InChI is InChI=1S/C14H24N2OS/c1-15-8-14-16-13(11-18-14)10-17-9-12-6-4-2-3-5-7-12/h11-12,15H,2-10H2,1H3. The van der Waals surface area contributed by atoms with Crippen LogP contribution in [0.1, 0.15) is 49.2 Å². The number of nitrogens with one attached hydrogen (secondary N) is 1. The van der Waals surface area contributed by atoms with Gasteiger partial charge < -0.3 is 10.1 Å². The predicted molar refractivity (Wildman–Crippen MR) is 75.7 cm³/mol. The summed E-state index contributed by atoms with van der Waals surface area (Å²) in [6.07, 6.45) is 8.30. The van der Waals surface area contributed by atoms with E-state index in [1.54, 1.807) is 11.3 Å². The van der Waals surface area contributed by atoms with E-state index >= 15 is 0 Å². The summed E-state index contributed by atoms with van der Waals surface area (Å²) in [6.45, 7) is 2.45. The largest absolute Gasteiger partial charge is 0.375 e. The fourth-order valence-corrected chi connectivity index (χ4v) is 3.30. The molecule has 0 atom stereocenters. The normalized spacial score (nSPS) is 17.8. The first-order valence-electron chi connectivity index (χ1n) is 7.04. The van der Waals surface area contributed by atoms with Gasteiger partial charge >= 0.3 is 0 Å². The summed E-state index contributed by atoms with van der Waals surface area (Å²) in [5.41, 5.74) is 1.08. The number of rotatable bonds is 6. The highest BCUT2D eigenvalue weighted by Crippen LogP contribution is 2.23. The maximum Gasteiger partial charge on any atom is 0.107 e. The van der Waals surface area contributed by atoms with Crippen LogP contribution in [0.2, 0.25) is 0 Å². The van der Waals surface area contributed by atoms with Gasteiger partial charge in [-0.3, -0.25) is 0 Å². The molecule has 0 aliphatic heterocycles. The molecule has 0 bridgehead atoms. The molecule has 1 aromatic heterocycles. The van der Waals surface area contributed by atoms with Gasteiger partial charge in [0.1, 0.15) is 5.01 Å². The Hall–Kier alpha value is -0.450. The topological polar surface area (TPSA) is 34.2 Å². The zero-order chi connectivity index (χ0) is 12.6. The van der Waals surface area contributed by atoms with Gasteiger partial charge in [0, 0.05) is 18.5 Å². The van der Waals surface area contributed by atoms with E-state index in [0.29, 0.717) is 6.61 Å². The van der Waals surface area contributed by atoms with Crippen LogP contribution in [-0.4, -0.2) is 18.6 Å². The van der Waals surface area contributed by atoms with Crippen LogP contribution in [0.5, 0.6) is 0 Å². The van der Waals surface area contributed by atoms with Crippen LogP contribution in [0, 0.1) is 5.92 Å². The Balaban J connectivity index is 1.67. The lowest BCUT2D eigenvalue weighted by Gasteiger charge is -2.13. The molecule has 3 nitrogen and oxygen atoms in total. The van der Waals surface area contributed by atoms with E-state index in [1.165, 1.54) is 38.5 Å². The molecule has 2 rings (SSSR count). The molecule has 0 aromatic carbocycles. The second kappa shape index (κ2) is 7.87. The summed E-state index contributed by atoms with van der Waals surface area (Å²) in [6, 6.07) is 0. The lowest BCUT2D eigenvalue weighted by molar-refractivity contribution is 0.0801. The monoisotopic (exact) mass is 268 g/mol. The lowest BCUT2D eigenvalue weighted by Crippen LogP contribution is -2.09. The van der Waals surface area contributed by atoms with Crippen molar-refractivity contribution in [2.75, 3.05) is 13.7 Å². The number of hydrogen-bond donors (Lipinski definition) is 1. The molecule has 0 unspecified atom stereocenters. The molecule has 18 heavy (non-hydrogen) atoms. The van der Waals surface area contributed by atoms with Crippen LogP contribution in [0.25, 0.3) is 0 Å². The summed E-state index contributed by atoms with van der Waals surface area (Å²) in [5.74, 6) is 0.780. The van der Waals surface area contributed by atoms with Crippen molar-refractivity contribution in [1.82, 2.24) is 10.3 Å². The van der Waals surface area contributed by atoms with Gasteiger partial charge in [-0.25, -0.2) is 4.98 Å². The number of aromatic nitrogens is 1. The second-order valence-electron chi connectivity index (χ2n) is 5.14. The third kappa shape index (κ3) is 4.67. The summed E-state index contributed by atoms with van der Waals surface area (Å²) in [7, 11) is 1.95. The fourth-order valence-electron chi connectivity index (χ4n) is 2.51. The van der Waals surface area contributed by atoms with E-state index in [4.69, 9.17) is 4.74 Å². The molecule has 0 saturated heterocycles. The average Bonchev–Trinajstić information content (AvgIpc) is 2.65. The third-order valence-electron chi connectivity index (χ3n) is 3.51. The number of hydrogen-bond acceptors (Lipinski definition) is 4. The zero-order valence-electron chi connectivity index (χ0n) is 11.3. The van der Waals surface area contributed by atoms with Crippen molar-refractivity contribution in [3.8, 4) is 0 Å². The third-order valence-corrected chi connectivity index (χ3v) is 4.40. The summed E-state index contributed by atoms with van der Waals surface area (Å²) in [4.78, 5) is 4.53. The smallest absolute Gasteiger partial charge is 0.107 e. The molecule has 1 fully saturated rings. The molecule has 1 N–H and O–H groups in total. The van der Waals surface area contributed by atoms with Gasteiger partial charge in [-0.1, -0.05) is 25.7 Å². The van der Waals surface area contributed by atoms with E-state index in [-0.39, 0.29) is 0 Å². The molecule has 1 aromatic rings. The molecule has 1 aliphatic rings. The van der Waals surface area contributed by atoms with Gasteiger partial charge in [0.25, 0.3) is 0 Å². The molecule has 1 aliphatic carbocycles. The first-order valence-corrected chi connectivity index (χ1v) is 7.92. The Kier molecular flexibility index (Phi) is 6.11. The van der Waals surface area contributed by atoms with Gasteiger partial charge in [-0.05, 0) is 25.8 Å². The van der Waals surface area contributed by atoms with Crippen LogP contribution in [-0.2, 0) is 17.9 Å². The SMILES string of the molecule is CNCc1nc(COCC2CCCCCC2)cs1. The first kappa shape index (κ1) is 14.0. The Labute approximate surface area is 114 Å². The Bertz CT molecular complexity index is 332. The van der Waals surface area contributed by atoms with Gasteiger partial charge in [0.2, 0.25) is 0 Å². The van der Waals surface area contributed by atoms with E-state index < -0.39 is 0 Å². The Morgan fingerprint density at radius 3 is 2.83 bits per heavy atom. The molecular weight excluding hydrogens is 244 g/mol. The second-order valence-corrected chi connectivity index (χ2v) is 6.08. The number of thiazole rings is 1. The van der Waals surface area contributed by atoms with Gasteiger partial charge in [0.05, 0.1) is 12.3 Å². The lowest BCUT2D eigenvalue weighted by atomic mass is 10.0. The highest BCUT2D eigenvalue weighted by Gasteiger charge is 2.12. The average molecular weight is 268 g/mol. The fraction of sp³-hybridized carbons (Fsp3) is 0.786. The first-order chi connectivity index (χ1) is 8.88.